The van der Waals surface area contributed by atoms with Gasteiger partial charge in [0.05, 0.1) is 20.8 Å². The topological polar surface area (TPSA) is 164 Å². The number of benzene rings is 2. The summed E-state index contributed by atoms with van der Waals surface area (Å²) in [5.41, 5.74) is 1.26. The predicted octanol–water partition coefficient (Wildman–Crippen LogP) is 0.0423. The predicted molar refractivity (Wildman–Crippen MR) is 114 cm³/mol. The Balaban J connectivity index is 1.61. The van der Waals surface area contributed by atoms with Crippen LogP contribution in [0.5, 0.6) is 23.0 Å². The Bertz CT molecular complexity index is 1030. The van der Waals surface area contributed by atoms with E-state index < -0.39 is 49.4 Å². The Morgan fingerprint density at radius 2 is 1.68 bits per heavy atom. The first kappa shape index (κ1) is 24.0. The fourth-order valence-electron chi connectivity index (χ4n) is 4.08. The molecule has 2 heterocycles. The third kappa shape index (κ3) is 4.24. The summed E-state index contributed by atoms with van der Waals surface area (Å²) in [5.74, 6) is -0.498. The fourth-order valence-corrected chi connectivity index (χ4v) is 4.08. The first-order valence-electron chi connectivity index (χ1n) is 10.5. The SMILES string of the molecule is COc1cc([C@@H]2Cc3cccc(O[C@H]4O[C@@H](CO)[C@H](O)[C@H](O)[C@@H]4O)c3C(=O)O2)cc(OC)c1O. The van der Waals surface area contributed by atoms with Crippen LogP contribution in [0.3, 0.4) is 0 Å². The average Bonchev–Trinajstić information content (AvgIpc) is 2.84. The summed E-state index contributed by atoms with van der Waals surface area (Å²) in [7, 11) is 2.78. The molecule has 2 aliphatic rings. The van der Waals surface area contributed by atoms with Crippen molar-refractivity contribution in [2.45, 2.75) is 43.2 Å². The maximum Gasteiger partial charge on any atom is 0.342 e. The van der Waals surface area contributed by atoms with Crippen LogP contribution in [0.15, 0.2) is 30.3 Å². The summed E-state index contributed by atoms with van der Waals surface area (Å²) in [6.07, 6.45) is -7.81. The number of hydrogen-bond acceptors (Lipinski definition) is 11. The van der Waals surface area contributed by atoms with Crippen molar-refractivity contribution in [1.29, 1.82) is 0 Å². The molecule has 5 N–H and O–H groups in total. The van der Waals surface area contributed by atoms with E-state index in [2.05, 4.69) is 0 Å². The Morgan fingerprint density at radius 3 is 2.29 bits per heavy atom. The smallest absolute Gasteiger partial charge is 0.342 e. The first-order chi connectivity index (χ1) is 16.3. The van der Waals surface area contributed by atoms with E-state index in [0.717, 1.165) is 0 Å². The molecule has 4 rings (SSSR count). The van der Waals surface area contributed by atoms with Crippen LogP contribution in [0.4, 0.5) is 0 Å². The quantitative estimate of drug-likeness (QED) is 0.356. The van der Waals surface area contributed by atoms with Gasteiger partial charge < -0.3 is 49.2 Å². The van der Waals surface area contributed by atoms with Crippen molar-refractivity contribution in [1.82, 2.24) is 0 Å². The lowest BCUT2D eigenvalue weighted by Crippen LogP contribution is -2.60. The van der Waals surface area contributed by atoms with Gasteiger partial charge in [-0.05, 0) is 23.8 Å². The number of ether oxygens (including phenoxy) is 5. The van der Waals surface area contributed by atoms with Crippen molar-refractivity contribution in [3.05, 3.63) is 47.0 Å². The zero-order valence-electron chi connectivity index (χ0n) is 18.5. The van der Waals surface area contributed by atoms with Crippen LogP contribution in [-0.4, -0.2) is 83.0 Å². The maximum absolute atomic E-state index is 13.0. The number of hydrogen-bond donors (Lipinski definition) is 5. The molecule has 184 valence electrons. The number of fused-ring (bicyclic) bond motifs is 1. The molecule has 1 saturated heterocycles. The second kappa shape index (κ2) is 9.65. The van der Waals surface area contributed by atoms with Crippen LogP contribution in [0.1, 0.15) is 27.6 Å². The highest BCUT2D eigenvalue weighted by atomic mass is 16.7. The third-order valence-corrected chi connectivity index (χ3v) is 5.94. The summed E-state index contributed by atoms with van der Waals surface area (Å²) in [6.45, 7) is -0.610. The van der Waals surface area contributed by atoms with E-state index in [4.69, 9.17) is 23.7 Å². The highest BCUT2D eigenvalue weighted by Crippen LogP contribution is 2.42. The number of aliphatic hydroxyl groups excluding tert-OH is 4. The molecule has 0 amide bonds. The summed E-state index contributed by atoms with van der Waals surface area (Å²) in [5, 5.41) is 49.7. The summed E-state index contributed by atoms with van der Waals surface area (Å²) >= 11 is 0. The molecule has 34 heavy (non-hydrogen) atoms. The summed E-state index contributed by atoms with van der Waals surface area (Å²) < 4.78 is 27.1. The van der Waals surface area contributed by atoms with Crippen LogP contribution in [0.25, 0.3) is 0 Å². The number of cyclic esters (lactones) is 1. The van der Waals surface area contributed by atoms with Gasteiger partial charge in [0.15, 0.2) is 11.5 Å². The van der Waals surface area contributed by atoms with E-state index in [0.29, 0.717) is 11.1 Å². The van der Waals surface area contributed by atoms with Crippen molar-refractivity contribution < 1.29 is 54.0 Å². The average molecular weight is 478 g/mol. The molecular weight excluding hydrogens is 452 g/mol. The second-order valence-corrected chi connectivity index (χ2v) is 7.98. The second-order valence-electron chi connectivity index (χ2n) is 7.98. The third-order valence-electron chi connectivity index (χ3n) is 5.94. The molecule has 2 aromatic rings. The van der Waals surface area contributed by atoms with Crippen LogP contribution < -0.4 is 14.2 Å². The zero-order chi connectivity index (χ0) is 24.6. The molecule has 11 nitrogen and oxygen atoms in total. The van der Waals surface area contributed by atoms with E-state index in [1.807, 2.05) is 0 Å². The van der Waals surface area contributed by atoms with Gasteiger partial charge in [-0.25, -0.2) is 4.79 Å². The number of rotatable bonds is 6. The van der Waals surface area contributed by atoms with Crippen LogP contribution in [0.2, 0.25) is 0 Å². The molecule has 0 bridgehead atoms. The lowest BCUT2D eigenvalue weighted by atomic mass is 9.93. The highest BCUT2D eigenvalue weighted by Gasteiger charge is 2.45. The van der Waals surface area contributed by atoms with E-state index in [1.54, 1.807) is 24.3 Å². The molecule has 0 saturated carbocycles. The lowest BCUT2D eigenvalue weighted by Gasteiger charge is -2.40. The van der Waals surface area contributed by atoms with Gasteiger partial charge >= 0.3 is 5.97 Å². The van der Waals surface area contributed by atoms with E-state index in [1.165, 1.54) is 20.3 Å². The number of methoxy groups -OCH3 is 2. The van der Waals surface area contributed by atoms with E-state index in [-0.39, 0.29) is 35.0 Å². The minimum atomic E-state index is -1.63. The monoisotopic (exact) mass is 478 g/mol. The fraction of sp³-hybridized carbons (Fsp3) is 0.435. The molecule has 0 aliphatic carbocycles. The van der Waals surface area contributed by atoms with Crippen LogP contribution >= 0.6 is 0 Å². The number of aliphatic hydroxyl groups is 4. The molecular formula is C23H26O11. The van der Waals surface area contributed by atoms with Crippen LogP contribution in [-0.2, 0) is 15.9 Å². The van der Waals surface area contributed by atoms with Crippen molar-refractivity contribution in [2.24, 2.45) is 0 Å². The Labute approximate surface area is 194 Å². The largest absolute Gasteiger partial charge is 0.502 e. The highest BCUT2D eigenvalue weighted by molar-refractivity contribution is 5.95. The molecule has 0 radical (unpaired) electrons. The van der Waals surface area contributed by atoms with Gasteiger partial charge in [0.1, 0.15) is 41.8 Å². The first-order valence-corrected chi connectivity index (χ1v) is 10.5. The minimum absolute atomic E-state index is 0.0474. The lowest BCUT2D eigenvalue weighted by molar-refractivity contribution is -0.277. The number of esters is 1. The number of aromatic hydroxyl groups is 1. The van der Waals surface area contributed by atoms with Gasteiger partial charge in [0.25, 0.3) is 0 Å². The van der Waals surface area contributed by atoms with Gasteiger partial charge in [0.2, 0.25) is 12.0 Å². The summed E-state index contributed by atoms with van der Waals surface area (Å²) in [6, 6.07) is 7.95. The number of carbonyl (C=O) groups is 1. The number of carbonyl (C=O) groups excluding carboxylic acids is 1. The van der Waals surface area contributed by atoms with Gasteiger partial charge in [-0.15, -0.1) is 0 Å². The van der Waals surface area contributed by atoms with Gasteiger partial charge in [-0.3, -0.25) is 0 Å². The number of phenols is 1. The van der Waals surface area contributed by atoms with Gasteiger partial charge in [-0.2, -0.15) is 0 Å². The molecule has 2 aliphatic heterocycles. The zero-order valence-corrected chi connectivity index (χ0v) is 18.5. The molecule has 0 aromatic heterocycles. The van der Waals surface area contributed by atoms with Gasteiger partial charge in [-0.1, -0.05) is 12.1 Å². The molecule has 2 aromatic carbocycles. The summed E-state index contributed by atoms with van der Waals surface area (Å²) in [4.78, 5) is 13.0. The Kier molecular flexibility index (Phi) is 6.82. The Hall–Kier alpha value is -3.09. The van der Waals surface area contributed by atoms with E-state index in [9.17, 15) is 30.3 Å². The number of phenolic OH excluding ortho intramolecular Hbond substituents is 1. The Morgan fingerprint density at radius 1 is 1.00 bits per heavy atom. The van der Waals surface area contributed by atoms with Gasteiger partial charge in [0, 0.05) is 12.0 Å². The molecule has 0 unspecified atom stereocenters. The standard InChI is InChI=1S/C23H26O11/c1-30-14-7-11(8-15(31-2)18(14)25)13-6-10-4-3-5-12(17(10)22(29)32-13)33-23-21(28)20(27)19(26)16(9-24)34-23/h3-5,7-8,13,16,19-21,23-28H,6,9H2,1-2H3/t13-,16-,19-,20-,21-,23-/m0/s1. The molecule has 1 fully saturated rings. The van der Waals surface area contributed by atoms with E-state index >= 15 is 0 Å². The maximum atomic E-state index is 13.0. The van der Waals surface area contributed by atoms with Crippen LogP contribution in [0, 0.1) is 0 Å². The van der Waals surface area contributed by atoms with Crippen molar-refractivity contribution in [2.75, 3.05) is 20.8 Å². The molecule has 11 heteroatoms. The van der Waals surface area contributed by atoms with Crippen molar-refractivity contribution in [3.63, 3.8) is 0 Å². The minimum Gasteiger partial charge on any atom is -0.502 e. The normalized spacial score (nSPS) is 28.6. The molecule has 0 spiro atoms. The van der Waals surface area contributed by atoms with Crippen molar-refractivity contribution >= 4 is 5.97 Å². The van der Waals surface area contributed by atoms with Crippen molar-refractivity contribution in [3.8, 4) is 23.0 Å². The molecule has 6 atom stereocenters.